The summed E-state index contributed by atoms with van der Waals surface area (Å²) in [7, 11) is 0. The Labute approximate surface area is 125 Å². The lowest BCUT2D eigenvalue weighted by Gasteiger charge is -2.11. The number of carbonyl (C=O) groups is 1. The van der Waals surface area contributed by atoms with Gasteiger partial charge in [0, 0.05) is 12.5 Å². The molecule has 0 N–H and O–H groups in total. The molecule has 0 atom stereocenters. The molecule has 1 aromatic rings. The van der Waals surface area contributed by atoms with Gasteiger partial charge in [0.15, 0.2) is 0 Å². The highest BCUT2D eigenvalue weighted by Gasteiger charge is 2.09. The molecule has 0 bridgehead atoms. The maximum Gasteiger partial charge on any atom is 0.308 e. The zero-order chi connectivity index (χ0) is 12.7. The summed E-state index contributed by atoms with van der Waals surface area (Å²) < 4.78 is 5.18. The van der Waals surface area contributed by atoms with Crippen LogP contribution in [0.1, 0.15) is 19.4 Å². The quantitative estimate of drug-likeness (QED) is 0.347. The van der Waals surface area contributed by atoms with E-state index in [9.17, 15) is 4.79 Å². The molecule has 2 nitrogen and oxygen atoms in total. The number of ether oxygens (including phenoxy) is 1. The van der Waals surface area contributed by atoms with Crippen molar-refractivity contribution in [3.8, 4) is 0 Å². The predicted octanol–water partition coefficient (Wildman–Crippen LogP) is 4.34. The third-order valence-electron chi connectivity index (χ3n) is 2.16. The summed E-state index contributed by atoms with van der Waals surface area (Å²) in [6, 6.07) is 9.77. The zero-order valence-electron chi connectivity index (χ0n) is 10.6. The smallest absolute Gasteiger partial charge is 0.308 e. The van der Waals surface area contributed by atoms with E-state index in [2.05, 4.69) is 6.58 Å². The second-order valence-corrected chi connectivity index (χ2v) is 3.43. The number of allylic oxidation sites excluding steroid dienone is 4. The second-order valence-electron chi connectivity index (χ2n) is 3.43. The number of esters is 1. The van der Waals surface area contributed by atoms with Crippen LogP contribution < -0.4 is 0 Å². The first-order valence-electron chi connectivity index (χ1n) is 5.42. The molecule has 0 heterocycles. The van der Waals surface area contributed by atoms with Crippen molar-refractivity contribution in [3.05, 3.63) is 66.5 Å². The van der Waals surface area contributed by atoms with Crippen molar-refractivity contribution in [3.63, 3.8) is 0 Å². The molecule has 0 amide bonds. The van der Waals surface area contributed by atoms with Crippen molar-refractivity contribution in [1.82, 2.24) is 0 Å². The second kappa shape index (κ2) is 8.69. The van der Waals surface area contributed by atoms with Crippen LogP contribution in [0.15, 0.2) is 60.9 Å². The molecule has 18 heavy (non-hydrogen) atoms. The van der Waals surface area contributed by atoms with Gasteiger partial charge in [-0.1, -0.05) is 49.1 Å². The minimum absolute atomic E-state index is 0. The Hall–Kier alpha value is -1.36. The molecule has 0 fully saturated rings. The lowest BCUT2D eigenvalue weighted by Crippen LogP contribution is -2.01. The minimum Gasteiger partial charge on any atom is -0.426 e. The van der Waals surface area contributed by atoms with Crippen molar-refractivity contribution in [2.75, 3.05) is 0 Å². The van der Waals surface area contributed by atoms with Gasteiger partial charge in [-0.2, -0.15) is 0 Å². The highest BCUT2D eigenvalue weighted by atomic mass is 127. The Morgan fingerprint density at radius 2 is 1.89 bits per heavy atom. The number of benzene rings is 1. The minimum atomic E-state index is -0.339. The molecule has 96 valence electrons. The van der Waals surface area contributed by atoms with Crippen LogP contribution in [0.25, 0.3) is 5.57 Å². The lowest BCUT2D eigenvalue weighted by molar-refractivity contribution is -0.136. The van der Waals surface area contributed by atoms with Gasteiger partial charge in [0.1, 0.15) is 5.76 Å². The van der Waals surface area contributed by atoms with Crippen LogP contribution >= 0.6 is 24.0 Å². The third-order valence-corrected chi connectivity index (χ3v) is 2.16. The molecule has 0 spiro atoms. The van der Waals surface area contributed by atoms with Crippen LogP contribution in [-0.4, -0.2) is 5.97 Å². The summed E-state index contributed by atoms with van der Waals surface area (Å²) in [4.78, 5) is 11.1. The van der Waals surface area contributed by atoms with Crippen molar-refractivity contribution in [1.29, 1.82) is 0 Å². The SMILES string of the molecule is C=C/C=C(OC(C)=O)\C(=C/C)c1ccccc1.I. The summed E-state index contributed by atoms with van der Waals surface area (Å²) >= 11 is 0. The topological polar surface area (TPSA) is 26.3 Å². The number of carbonyl (C=O) groups excluding carboxylic acids is 1. The van der Waals surface area contributed by atoms with Crippen molar-refractivity contribution in [2.24, 2.45) is 0 Å². The van der Waals surface area contributed by atoms with E-state index in [0.717, 1.165) is 11.1 Å². The van der Waals surface area contributed by atoms with E-state index in [-0.39, 0.29) is 29.9 Å². The van der Waals surface area contributed by atoms with E-state index in [1.54, 1.807) is 12.2 Å². The number of rotatable bonds is 4. The average Bonchev–Trinajstić information content (AvgIpc) is 2.31. The van der Waals surface area contributed by atoms with Gasteiger partial charge in [-0.25, -0.2) is 0 Å². The van der Waals surface area contributed by atoms with E-state index in [1.165, 1.54) is 6.92 Å². The first kappa shape index (κ1) is 16.6. The molecule has 1 rings (SSSR count). The molecule has 0 aliphatic rings. The van der Waals surface area contributed by atoms with Crippen LogP contribution in [0.4, 0.5) is 0 Å². The Bertz CT molecular complexity index is 459. The van der Waals surface area contributed by atoms with E-state index >= 15 is 0 Å². The molecule has 0 aromatic heterocycles. The molecular weight excluding hydrogens is 339 g/mol. The van der Waals surface area contributed by atoms with Gasteiger partial charge in [-0.05, 0) is 18.6 Å². The fraction of sp³-hybridized carbons (Fsp3) is 0.133. The first-order valence-corrected chi connectivity index (χ1v) is 5.42. The molecule has 1 aromatic carbocycles. The van der Waals surface area contributed by atoms with E-state index in [0.29, 0.717) is 5.76 Å². The van der Waals surface area contributed by atoms with Gasteiger partial charge in [0.2, 0.25) is 0 Å². The Kier molecular flexibility index (Phi) is 8.03. The highest BCUT2D eigenvalue weighted by molar-refractivity contribution is 14.0. The number of hydrogen-bond acceptors (Lipinski definition) is 2. The molecule has 0 saturated heterocycles. The summed E-state index contributed by atoms with van der Waals surface area (Å²) in [5.74, 6) is 0.176. The summed E-state index contributed by atoms with van der Waals surface area (Å²) in [6.07, 6.45) is 5.20. The van der Waals surface area contributed by atoms with Crippen LogP contribution in [0.2, 0.25) is 0 Å². The van der Waals surface area contributed by atoms with Gasteiger partial charge < -0.3 is 4.74 Å². The van der Waals surface area contributed by atoms with Crippen molar-refractivity contribution in [2.45, 2.75) is 13.8 Å². The average molecular weight is 356 g/mol. The normalized spacial score (nSPS) is 11.4. The van der Waals surface area contributed by atoms with Gasteiger partial charge in [0.25, 0.3) is 0 Å². The predicted molar refractivity (Wildman–Crippen MR) is 85.6 cm³/mol. The summed E-state index contributed by atoms with van der Waals surface area (Å²) in [5.41, 5.74) is 1.88. The third kappa shape index (κ3) is 4.87. The maximum atomic E-state index is 11.1. The Balaban J connectivity index is 0.00000289. The van der Waals surface area contributed by atoms with Crippen LogP contribution in [-0.2, 0) is 9.53 Å². The van der Waals surface area contributed by atoms with Gasteiger partial charge in [-0.15, -0.1) is 24.0 Å². The fourth-order valence-corrected chi connectivity index (χ4v) is 1.51. The first-order chi connectivity index (χ1) is 8.19. The Morgan fingerprint density at radius 1 is 1.28 bits per heavy atom. The van der Waals surface area contributed by atoms with Crippen LogP contribution in [0.5, 0.6) is 0 Å². The van der Waals surface area contributed by atoms with Crippen molar-refractivity contribution < 1.29 is 9.53 Å². The molecular formula is C15H17IO2. The summed E-state index contributed by atoms with van der Waals surface area (Å²) in [5, 5.41) is 0. The van der Waals surface area contributed by atoms with Gasteiger partial charge in [0.05, 0.1) is 0 Å². The van der Waals surface area contributed by atoms with E-state index in [1.807, 2.05) is 43.3 Å². The van der Waals surface area contributed by atoms with Gasteiger partial charge in [-0.3, -0.25) is 4.79 Å². The molecule has 0 aliphatic carbocycles. The van der Waals surface area contributed by atoms with Gasteiger partial charge >= 0.3 is 5.97 Å². The molecule has 0 radical (unpaired) electrons. The lowest BCUT2D eigenvalue weighted by atomic mass is 10.0. The number of halogens is 1. The van der Waals surface area contributed by atoms with Crippen LogP contribution in [0.3, 0.4) is 0 Å². The monoisotopic (exact) mass is 356 g/mol. The largest absolute Gasteiger partial charge is 0.426 e. The zero-order valence-corrected chi connectivity index (χ0v) is 12.9. The van der Waals surface area contributed by atoms with Crippen molar-refractivity contribution >= 4 is 35.5 Å². The Morgan fingerprint density at radius 3 is 2.33 bits per heavy atom. The fourth-order valence-electron chi connectivity index (χ4n) is 1.51. The molecule has 0 unspecified atom stereocenters. The highest BCUT2D eigenvalue weighted by Crippen LogP contribution is 2.24. The molecule has 0 aliphatic heterocycles. The van der Waals surface area contributed by atoms with E-state index < -0.39 is 0 Å². The van der Waals surface area contributed by atoms with E-state index in [4.69, 9.17) is 4.74 Å². The molecule has 0 saturated carbocycles. The standard InChI is InChI=1S/C15H16O2.HI/c1-4-9-15(17-12(3)16)14(5-2)13-10-7-6-8-11-13;/h4-11H,1H2,2-3H3;1H/b14-5-,15-9+;. The number of hydrogen-bond donors (Lipinski definition) is 0. The van der Waals surface area contributed by atoms with Crippen LogP contribution in [0, 0.1) is 0 Å². The molecule has 3 heteroatoms. The summed E-state index contributed by atoms with van der Waals surface area (Å²) in [6.45, 7) is 6.91. The maximum absolute atomic E-state index is 11.1.